The molecule has 0 saturated carbocycles. The highest BCUT2D eigenvalue weighted by Crippen LogP contribution is 2.13. The van der Waals surface area contributed by atoms with E-state index in [4.69, 9.17) is 5.73 Å². The third kappa shape index (κ3) is 5.16. The first-order valence-corrected chi connectivity index (χ1v) is 8.97. The molecule has 0 radical (unpaired) electrons. The average Bonchev–Trinajstić information content (AvgIpc) is 3.01. The molecule has 2 amide bonds. The van der Waals surface area contributed by atoms with Crippen LogP contribution in [0.15, 0.2) is 64.6 Å². The van der Waals surface area contributed by atoms with Crippen molar-refractivity contribution in [2.75, 3.05) is 10.6 Å². The fourth-order valence-electron chi connectivity index (χ4n) is 2.65. The Balaban J connectivity index is 1.58. The number of anilines is 2. The van der Waals surface area contributed by atoms with Gasteiger partial charge in [0.15, 0.2) is 0 Å². The number of carbonyl (C=O) groups excluding carboxylic acids is 2. The maximum absolute atomic E-state index is 12.2. The third-order valence-electron chi connectivity index (χ3n) is 4.11. The van der Waals surface area contributed by atoms with Gasteiger partial charge in [-0.1, -0.05) is 37.3 Å². The zero-order chi connectivity index (χ0) is 19.9. The van der Waals surface area contributed by atoms with Crippen LogP contribution in [0.4, 0.5) is 11.4 Å². The van der Waals surface area contributed by atoms with Gasteiger partial charge in [0, 0.05) is 11.4 Å². The molecule has 5 N–H and O–H groups in total. The molecule has 28 heavy (non-hydrogen) atoms. The molecule has 0 aromatic heterocycles. The molecule has 0 spiro atoms. The lowest BCUT2D eigenvalue weighted by Gasteiger charge is -2.07. The van der Waals surface area contributed by atoms with Gasteiger partial charge < -0.3 is 16.4 Å². The van der Waals surface area contributed by atoms with Gasteiger partial charge in [0.05, 0.1) is 6.42 Å². The summed E-state index contributed by atoms with van der Waals surface area (Å²) in [6, 6.07) is 16.0. The van der Waals surface area contributed by atoms with E-state index in [1.54, 1.807) is 0 Å². The van der Waals surface area contributed by atoms with E-state index < -0.39 is 6.04 Å². The molecule has 0 bridgehead atoms. The number of guanidine groups is 2. The van der Waals surface area contributed by atoms with Crippen LogP contribution in [0.25, 0.3) is 0 Å². The van der Waals surface area contributed by atoms with Crippen molar-refractivity contribution in [3.8, 4) is 0 Å². The number of rotatable bonds is 5. The number of aliphatic imine (C=N–C) groups is 2. The van der Waals surface area contributed by atoms with E-state index >= 15 is 0 Å². The van der Waals surface area contributed by atoms with E-state index in [1.165, 1.54) is 5.56 Å². The van der Waals surface area contributed by atoms with Gasteiger partial charge in [-0.25, -0.2) is 4.99 Å². The number of hydrogen-bond donors (Lipinski definition) is 4. The topological polar surface area (TPSA) is 121 Å². The summed E-state index contributed by atoms with van der Waals surface area (Å²) in [5, 5.41) is 8.19. The second-order valence-electron chi connectivity index (χ2n) is 6.25. The van der Waals surface area contributed by atoms with Crippen molar-refractivity contribution in [2.45, 2.75) is 25.8 Å². The SMILES string of the molecule is CCc1ccc(NC(=O)CC2N=C(/N=C(\N)Nc3ccccc3)NC2=O)cc1. The van der Waals surface area contributed by atoms with Crippen molar-refractivity contribution < 1.29 is 9.59 Å². The number of para-hydroxylation sites is 1. The van der Waals surface area contributed by atoms with Gasteiger partial charge in [0.2, 0.25) is 17.8 Å². The molecular formula is C20H22N6O2. The number of benzene rings is 2. The molecule has 1 heterocycles. The number of aryl methyl sites for hydroxylation is 1. The van der Waals surface area contributed by atoms with E-state index in [0.29, 0.717) is 5.69 Å². The number of carbonyl (C=O) groups is 2. The fourth-order valence-corrected chi connectivity index (χ4v) is 2.65. The molecule has 1 unspecified atom stereocenters. The van der Waals surface area contributed by atoms with Crippen LogP contribution in [0.1, 0.15) is 18.9 Å². The van der Waals surface area contributed by atoms with Crippen molar-refractivity contribution in [1.29, 1.82) is 0 Å². The first-order chi connectivity index (χ1) is 13.5. The zero-order valence-corrected chi connectivity index (χ0v) is 15.5. The summed E-state index contributed by atoms with van der Waals surface area (Å²) < 4.78 is 0. The van der Waals surface area contributed by atoms with Crippen LogP contribution in [0.2, 0.25) is 0 Å². The van der Waals surface area contributed by atoms with Gasteiger partial charge in [0.1, 0.15) is 6.04 Å². The molecule has 8 heteroatoms. The summed E-state index contributed by atoms with van der Waals surface area (Å²) in [5.74, 6) is -0.515. The van der Waals surface area contributed by atoms with Crippen LogP contribution in [-0.4, -0.2) is 29.8 Å². The minimum absolute atomic E-state index is 0.0770. The summed E-state index contributed by atoms with van der Waals surface area (Å²) in [4.78, 5) is 32.5. The average molecular weight is 378 g/mol. The van der Waals surface area contributed by atoms with Gasteiger partial charge in [0.25, 0.3) is 5.91 Å². The number of nitrogens with two attached hydrogens (primary N) is 1. The molecule has 144 valence electrons. The summed E-state index contributed by atoms with van der Waals surface area (Å²) in [7, 11) is 0. The van der Waals surface area contributed by atoms with Crippen LogP contribution < -0.4 is 21.7 Å². The molecule has 2 aromatic rings. The minimum Gasteiger partial charge on any atom is -0.369 e. The van der Waals surface area contributed by atoms with Gasteiger partial charge in [-0.15, -0.1) is 0 Å². The van der Waals surface area contributed by atoms with Crippen LogP contribution in [-0.2, 0) is 16.0 Å². The van der Waals surface area contributed by atoms with Gasteiger partial charge in [-0.2, -0.15) is 4.99 Å². The Morgan fingerprint density at radius 2 is 1.79 bits per heavy atom. The van der Waals surface area contributed by atoms with E-state index in [2.05, 4.69) is 32.9 Å². The summed E-state index contributed by atoms with van der Waals surface area (Å²) >= 11 is 0. The van der Waals surface area contributed by atoms with Crippen molar-refractivity contribution in [3.05, 3.63) is 60.2 Å². The molecule has 2 aromatic carbocycles. The predicted octanol–water partition coefficient (Wildman–Crippen LogP) is 1.86. The van der Waals surface area contributed by atoms with Crippen molar-refractivity contribution in [3.63, 3.8) is 0 Å². The summed E-state index contributed by atoms with van der Waals surface area (Å²) in [6.07, 6.45) is 0.850. The standard InChI is InChI=1S/C20H22N6O2/c1-2-13-8-10-15(11-9-13)22-17(27)12-16-18(28)25-20(24-16)26-19(21)23-14-6-4-3-5-7-14/h3-11,16H,2,12H2,1H3,(H,22,27)(H4,21,23,24,25,26,28). The monoisotopic (exact) mass is 378 g/mol. The lowest BCUT2D eigenvalue weighted by atomic mass is 10.1. The van der Waals surface area contributed by atoms with Gasteiger partial charge >= 0.3 is 0 Å². The molecule has 1 aliphatic rings. The number of hydrogen-bond acceptors (Lipinski definition) is 4. The van der Waals surface area contributed by atoms with Crippen LogP contribution in [0, 0.1) is 0 Å². The molecule has 0 saturated heterocycles. The lowest BCUT2D eigenvalue weighted by Crippen LogP contribution is -2.32. The quantitative estimate of drug-likeness (QED) is 0.469. The molecule has 1 atom stereocenters. The summed E-state index contributed by atoms with van der Waals surface area (Å²) in [5.41, 5.74) is 8.46. The Morgan fingerprint density at radius 1 is 1.11 bits per heavy atom. The number of nitrogens with one attached hydrogen (secondary N) is 3. The molecule has 0 aliphatic carbocycles. The predicted molar refractivity (Wildman–Crippen MR) is 110 cm³/mol. The lowest BCUT2D eigenvalue weighted by molar-refractivity contribution is -0.123. The normalized spacial score (nSPS) is 16.3. The number of nitrogens with zero attached hydrogens (tertiary/aromatic N) is 2. The molecule has 1 aliphatic heterocycles. The van der Waals surface area contributed by atoms with Crippen molar-refractivity contribution >= 4 is 35.1 Å². The first kappa shape index (κ1) is 19.1. The second kappa shape index (κ2) is 8.81. The Hall–Kier alpha value is -3.68. The second-order valence-corrected chi connectivity index (χ2v) is 6.25. The van der Waals surface area contributed by atoms with E-state index in [-0.39, 0.29) is 30.2 Å². The van der Waals surface area contributed by atoms with Gasteiger partial charge in [-0.3, -0.25) is 14.9 Å². The molecule has 0 fully saturated rings. The third-order valence-corrected chi connectivity index (χ3v) is 4.11. The summed E-state index contributed by atoms with van der Waals surface area (Å²) in [6.45, 7) is 2.06. The van der Waals surface area contributed by atoms with E-state index in [0.717, 1.165) is 12.1 Å². The smallest absolute Gasteiger partial charge is 0.252 e. The van der Waals surface area contributed by atoms with Crippen LogP contribution >= 0.6 is 0 Å². The van der Waals surface area contributed by atoms with Crippen molar-refractivity contribution in [2.24, 2.45) is 15.7 Å². The zero-order valence-electron chi connectivity index (χ0n) is 15.5. The van der Waals surface area contributed by atoms with E-state index in [1.807, 2.05) is 54.6 Å². The van der Waals surface area contributed by atoms with E-state index in [9.17, 15) is 9.59 Å². The maximum Gasteiger partial charge on any atom is 0.252 e. The Labute approximate surface area is 163 Å². The minimum atomic E-state index is -0.835. The highest BCUT2D eigenvalue weighted by molar-refractivity contribution is 6.11. The highest BCUT2D eigenvalue weighted by Gasteiger charge is 2.28. The first-order valence-electron chi connectivity index (χ1n) is 8.97. The maximum atomic E-state index is 12.2. The Bertz CT molecular complexity index is 906. The number of amides is 2. The fraction of sp³-hybridized carbons (Fsp3) is 0.200. The van der Waals surface area contributed by atoms with Crippen LogP contribution in [0.5, 0.6) is 0 Å². The van der Waals surface area contributed by atoms with Crippen molar-refractivity contribution in [1.82, 2.24) is 5.32 Å². The molecule has 8 nitrogen and oxygen atoms in total. The van der Waals surface area contributed by atoms with Crippen LogP contribution in [0.3, 0.4) is 0 Å². The Morgan fingerprint density at radius 3 is 2.46 bits per heavy atom. The molecular weight excluding hydrogens is 356 g/mol. The highest BCUT2D eigenvalue weighted by atomic mass is 16.2. The Kier molecular flexibility index (Phi) is 6.01. The largest absolute Gasteiger partial charge is 0.369 e. The molecule has 3 rings (SSSR count). The van der Waals surface area contributed by atoms with Gasteiger partial charge in [-0.05, 0) is 36.2 Å².